The monoisotopic (exact) mass is 460 g/mol. The molecule has 0 amide bonds. The van der Waals surface area contributed by atoms with Crippen LogP contribution in [0, 0.1) is 0 Å². The Hall–Kier alpha value is -3.23. The first-order valence-electron chi connectivity index (χ1n) is 9.15. The molecule has 3 aromatic rings. The third-order valence-electron chi connectivity index (χ3n) is 4.25. The van der Waals surface area contributed by atoms with Crippen LogP contribution in [0.4, 0.5) is 0 Å². The molecule has 0 aliphatic heterocycles. The molecule has 1 N–H and O–H groups in total. The van der Waals surface area contributed by atoms with E-state index in [4.69, 9.17) is 25.8 Å². The number of nitrogens with one attached hydrogen (secondary N) is 1. The molecular weight excluding hydrogens is 440 g/mol. The highest BCUT2D eigenvalue weighted by molar-refractivity contribution is 7.89. The Bertz CT molecular complexity index is 1160. The minimum absolute atomic E-state index is 0.0794. The quantitative estimate of drug-likeness (QED) is 0.381. The molecule has 0 radical (unpaired) electrons. The van der Waals surface area contributed by atoms with Crippen LogP contribution < -0.4 is 19.0 Å². The largest absolute Gasteiger partial charge is 0.497 e. The van der Waals surface area contributed by atoms with Gasteiger partial charge in [-0.2, -0.15) is 13.5 Å². The predicted octanol–water partition coefficient (Wildman–Crippen LogP) is 4.25. The van der Waals surface area contributed by atoms with E-state index in [0.717, 1.165) is 5.56 Å². The second kappa shape index (κ2) is 10.2. The van der Waals surface area contributed by atoms with Gasteiger partial charge in [0.1, 0.15) is 23.9 Å². The zero-order chi connectivity index (χ0) is 22.3. The van der Waals surface area contributed by atoms with E-state index in [0.29, 0.717) is 27.8 Å². The maximum Gasteiger partial charge on any atom is 0.276 e. The van der Waals surface area contributed by atoms with Crippen molar-refractivity contribution in [2.45, 2.75) is 11.5 Å². The Morgan fingerprint density at radius 3 is 2.42 bits per heavy atom. The molecule has 0 saturated heterocycles. The Morgan fingerprint density at radius 2 is 1.74 bits per heavy atom. The summed E-state index contributed by atoms with van der Waals surface area (Å²) >= 11 is 5.98. The first-order chi connectivity index (χ1) is 14.9. The van der Waals surface area contributed by atoms with Crippen molar-refractivity contribution >= 4 is 27.8 Å². The highest BCUT2D eigenvalue weighted by Crippen LogP contribution is 2.23. The van der Waals surface area contributed by atoms with Gasteiger partial charge in [0, 0.05) is 10.6 Å². The maximum absolute atomic E-state index is 12.4. The van der Waals surface area contributed by atoms with Gasteiger partial charge in [-0.1, -0.05) is 17.7 Å². The molecular formula is C22H21ClN2O5S. The average molecular weight is 461 g/mol. The molecule has 0 bridgehead atoms. The van der Waals surface area contributed by atoms with Gasteiger partial charge < -0.3 is 14.2 Å². The van der Waals surface area contributed by atoms with Gasteiger partial charge in [-0.3, -0.25) is 0 Å². The molecule has 162 valence electrons. The number of sulfonamides is 1. The molecule has 31 heavy (non-hydrogen) atoms. The third-order valence-corrected chi connectivity index (χ3v) is 5.72. The summed E-state index contributed by atoms with van der Waals surface area (Å²) in [5, 5.41) is 4.44. The number of nitrogens with zero attached hydrogens (tertiary/aromatic N) is 1. The predicted molar refractivity (Wildman–Crippen MR) is 120 cm³/mol. The van der Waals surface area contributed by atoms with Crippen molar-refractivity contribution < 1.29 is 22.6 Å². The van der Waals surface area contributed by atoms with Crippen LogP contribution in [0.25, 0.3) is 0 Å². The van der Waals surface area contributed by atoms with Crippen molar-refractivity contribution in [1.82, 2.24) is 4.83 Å². The van der Waals surface area contributed by atoms with Gasteiger partial charge >= 0.3 is 0 Å². The number of ether oxygens (including phenoxy) is 3. The van der Waals surface area contributed by atoms with E-state index in [1.165, 1.54) is 25.5 Å². The highest BCUT2D eigenvalue weighted by atomic mass is 35.5. The molecule has 3 rings (SSSR count). The van der Waals surface area contributed by atoms with Crippen LogP contribution in [-0.4, -0.2) is 28.9 Å². The summed E-state index contributed by atoms with van der Waals surface area (Å²) in [7, 11) is -0.720. The lowest BCUT2D eigenvalue weighted by atomic mass is 10.1. The lowest BCUT2D eigenvalue weighted by Crippen LogP contribution is -2.18. The smallest absolute Gasteiger partial charge is 0.276 e. The third kappa shape index (κ3) is 6.13. The molecule has 0 aromatic heterocycles. The Kier molecular flexibility index (Phi) is 7.38. The summed E-state index contributed by atoms with van der Waals surface area (Å²) in [4.78, 5) is 2.28. The van der Waals surface area contributed by atoms with E-state index >= 15 is 0 Å². The van der Waals surface area contributed by atoms with E-state index in [9.17, 15) is 8.42 Å². The molecule has 0 spiro atoms. The Labute approximate surface area is 186 Å². The van der Waals surface area contributed by atoms with Gasteiger partial charge in [0.25, 0.3) is 10.0 Å². The van der Waals surface area contributed by atoms with Crippen molar-refractivity contribution in [3.8, 4) is 17.2 Å². The number of rotatable bonds is 9. The number of hydrazone groups is 1. The molecule has 0 unspecified atom stereocenters. The van der Waals surface area contributed by atoms with Gasteiger partial charge in [0.2, 0.25) is 0 Å². The molecule has 0 aliphatic rings. The van der Waals surface area contributed by atoms with Crippen LogP contribution in [0.2, 0.25) is 5.02 Å². The van der Waals surface area contributed by atoms with Crippen molar-refractivity contribution in [3.63, 3.8) is 0 Å². The van der Waals surface area contributed by atoms with Gasteiger partial charge in [0.15, 0.2) is 0 Å². The fourth-order valence-corrected chi connectivity index (χ4v) is 3.66. The van der Waals surface area contributed by atoms with E-state index in [1.54, 1.807) is 61.7 Å². The SMILES string of the molecule is COc1ccc(S(=O)(=O)N/N=C/c2ccc(OC)c(COc3cccc(Cl)c3)c2)cc1. The first kappa shape index (κ1) is 22.5. The van der Waals surface area contributed by atoms with Gasteiger partial charge in [0.05, 0.1) is 25.3 Å². The molecule has 3 aromatic carbocycles. The van der Waals surface area contributed by atoms with E-state index in [2.05, 4.69) is 9.93 Å². The van der Waals surface area contributed by atoms with E-state index in [1.807, 2.05) is 0 Å². The number of benzene rings is 3. The molecule has 0 aliphatic carbocycles. The van der Waals surface area contributed by atoms with Crippen molar-refractivity contribution in [1.29, 1.82) is 0 Å². The summed E-state index contributed by atoms with van der Waals surface area (Å²) in [5.74, 6) is 1.83. The maximum atomic E-state index is 12.4. The fourth-order valence-electron chi connectivity index (χ4n) is 2.69. The van der Waals surface area contributed by atoms with Crippen molar-refractivity contribution in [2.24, 2.45) is 5.10 Å². The summed E-state index contributed by atoms with van der Waals surface area (Å²) in [5.41, 5.74) is 1.44. The zero-order valence-corrected chi connectivity index (χ0v) is 18.5. The lowest BCUT2D eigenvalue weighted by Gasteiger charge is -2.11. The number of hydrogen-bond acceptors (Lipinski definition) is 6. The van der Waals surface area contributed by atoms with E-state index < -0.39 is 10.0 Å². The number of methoxy groups -OCH3 is 2. The van der Waals surface area contributed by atoms with Crippen LogP contribution in [0.5, 0.6) is 17.2 Å². The normalized spacial score (nSPS) is 11.3. The van der Waals surface area contributed by atoms with Crippen LogP contribution in [0.3, 0.4) is 0 Å². The van der Waals surface area contributed by atoms with E-state index in [-0.39, 0.29) is 11.5 Å². The average Bonchev–Trinajstić information content (AvgIpc) is 2.78. The van der Waals surface area contributed by atoms with Gasteiger partial charge in [-0.05, 0) is 66.2 Å². The first-order valence-corrected chi connectivity index (χ1v) is 11.0. The van der Waals surface area contributed by atoms with Crippen LogP contribution >= 0.6 is 11.6 Å². The molecule has 0 atom stereocenters. The van der Waals surface area contributed by atoms with Crippen molar-refractivity contribution in [3.05, 3.63) is 82.9 Å². The van der Waals surface area contributed by atoms with Crippen LogP contribution in [-0.2, 0) is 16.6 Å². The Morgan fingerprint density at radius 1 is 0.968 bits per heavy atom. The molecule has 0 fully saturated rings. The minimum atomic E-state index is -3.79. The zero-order valence-electron chi connectivity index (χ0n) is 16.9. The van der Waals surface area contributed by atoms with Crippen LogP contribution in [0.1, 0.15) is 11.1 Å². The van der Waals surface area contributed by atoms with Crippen LogP contribution in [0.15, 0.2) is 76.7 Å². The summed E-state index contributed by atoms with van der Waals surface area (Å²) < 4.78 is 40.9. The fraction of sp³-hybridized carbons (Fsp3) is 0.136. The Balaban J connectivity index is 1.70. The standard InChI is InChI=1S/C22H21ClN2O5S/c1-28-19-7-9-21(10-8-19)31(26,27)25-24-14-16-6-11-22(29-2)17(12-16)15-30-20-5-3-4-18(23)13-20/h3-14,25H,15H2,1-2H3/b24-14+. The molecule has 9 heteroatoms. The molecule has 0 saturated carbocycles. The molecule has 7 nitrogen and oxygen atoms in total. The summed E-state index contributed by atoms with van der Waals surface area (Å²) in [6, 6.07) is 18.4. The topological polar surface area (TPSA) is 86.2 Å². The molecule has 0 heterocycles. The highest BCUT2D eigenvalue weighted by Gasteiger charge is 2.12. The minimum Gasteiger partial charge on any atom is -0.497 e. The summed E-state index contributed by atoms with van der Waals surface area (Å²) in [6.07, 6.45) is 1.41. The second-order valence-corrected chi connectivity index (χ2v) is 8.44. The number of halogens is 1. The summed E-state index contributed by atoms with van der Waals surface area (Å²) in [6.45, 7) is 0.239. The lowest BCUT2D eigenvalue weighted by molar-refractivity contribution is 0.296. The number of hydrogen-bond donors (Lipinski definition) is 1. The van der Waals surface area contributed by atoms with Gasteiger partial charge in [-0.25, -0.2) is 4.83 Å². The van der Waals surface area contributed by atoms with Gasteiger partial charge in [-0.15, -0.1) is 0 Å². The van der Waals surface area contributed by atoms with Crippen molar-refractivity contribution in [2.75, 3.05) is 14.2 Å². The second-order valence-electron chi connectivity index (χ2n) is 6.35.